The van der Waals surface area contributed by atoms with E-state index in [1.807, 2.05) is 25.1 Å². The van der Waals surface area contributed by atoms with Crippen molar-refractivity contribution in [3.8, 4) is 6.07 Å². The molecule has 1 aromatic rings. The van der Waals surface area contributed by atoms with Crippen molar-refractivity contribution in [3.63, 3.8) is 0 Å². The summed E-state index contributed by atoms with van der Waals surface area (Å²) in [4.78, 5) is 4.56. The summed E-state index contributed by atoms with van der Waals surface area (Å²) < 4.78 is 11.0. The van der Waals surface area contributed by atoms with E-state index in [2.05, 4.69) is 21.7 Å². The summed E-state index contributed by atoms with van der Waals surface area (Å²) in [6.07, 6.45) is 2.18. The molecule has 1 fully saturated rings. The predicted molar refractivity (Wildman–Crippen MR) is 109 cm³/mol. The van der Waals surface area contributed by atoms with E-state index in [0.717, 1.165) is 57.3 Å². The average Bonchev–Trinajstić information content (AvgIpc) is 3.13. The standard InChI is InChI=1S/C18H26N4O2.HI/c1-2-20-18(21-8-4-9-24-17-7-10-23-14-17)22-13-16-6-3-5-15(11-16)12-19;/h3,5-6,11,17H,2,4,7-10,13-14H2,1H3,(H2,20,21,22);1H. The molecule has 1 saturated heterocycles. The molecule has 2 N–H and O–H groups in total. The monoisotopic (exact) mass is 458 g/mol. The summed E-state index contributed by atoms with van der Waals surface area (Å²) in [5, 5.41) is 15.5. The molecule has 0 bridgehead atoms. The van der Waals surface area contributed by atoms with E-state index in [1.54, 1.807) is 6.07 Å². The van der Waals surface area contributed by atoms with Crippen LogP contribution in [0.1, 0.15) is 30.9 Å². The zero-order valence-corrected chi connectivity index (χ0v) is 17.0. The Bertz CT molecular complexity index is 568. The number of rotatable bonds is 8. The number of hydrogen-bond donors (Lipinski definition) is 2. The molecule has 1 aliphatic heterocycles. The quantitative estimate of drug-likeness (QED) is 0.271. The molecule has 6 nitrogen and oxygen atoms in total. The number of halogens is 1. The lowest BCUT2D eigenvalue weighted by atomic mass is 10.1. The molecule has 1 atom stereocenters. The number of ether oxygens (including phenoxy) is 2. The molecule has 1 aromatic carbocycles. The van der Waals surface area contributed by atoms with Crippen LogP contribution in [-0.2, 0) is 16.0 Å². The first kappa shape index (κ1) is 21.7. The summed E-state index contributed by atoms with van der Waals surface area (Å²) >= 11 is 0. The normalized spacial score (nSPS) is 16.8. The zero-order chi connectivity index (χ0) is 17.0. The minimum absolute atomic E-state index is 0. The highest BCUT2D eigenvalue weighted by molar-refractivity contribution is 14.0. The van der Waals surface area contributed by atoms with Crippen LogP contribution in [0.2, 0.25) is 0 Å². The summed E-state index contributed by atoms with van der Waals surface area (Å²) in [7, 11) is 0. The van der Waals surface area contributed by atoms with Crippen LogP contribution in [0.5, 0.6) is 0 Å². The van der Waals surface area contributed by atoms with E-state index in [-0.39, 0.29) is 30.1 Å². The molecule has 0 aromatic heterocycles. The Morgan fingerprint density at radius 3 is 3.04 bits per heavy atom. The molecule has 7 heteroatoms. The van der Waals surface area contributed by atoms with Gasteiger partial charge in [-0.05, 0) is 37.5 Å². The van der Waals surface area contributed by atoms with E-state index in [4.69, 9.17) is 14.7 Å². The lowest BCUT2D eigenvalue weighted by Gasteiger charge is -2.13. The maximum atomic E-state index is 8.94. The second-order valence-corrected chi connectivity index (χ2v) is 5.64. The molecule has 0 spiro atoms. The Morgan fingerprint density at radius 2 is 2.32 bits per heavy atom. The molecule has 1 aliphatic rings. The van der Waals surface area contributed by atoms with Gasteiger partial charge in [-0.3, -0.25) is 0 Å². The van der Waals surface area contributed by atoms with Gasteiger partial charge in [-0.1, -0.05) is 12.1 Å². The molecule has 0 radical (unpaired) electrons. The van der Waals surface area contributed by atoms with Gasteiger partial charge in [-0.25, -0.2) is 4.99 Å². The number of nitrogens with zero attached hydrogens (tertiary/aromatic N) is 2. The third-order valence-corrected chi connectivity index (χ3v) is 3.68. The van der Waals surface area contributed by atoms with Crippen molar-refractivity contribution in [2.75, 3.05) is 32.9 Å². The van der Waals surface area contributed by atoms with Gasteiger partial charge < -0.3 is 20.1 Å². The van der Waals surface area contributed by atoms with Gasteiger partial charge >= 0.3 is 0 Å². The van der Waals surface area contributed by atoms with Crippen LogP contribution in [0, 0.1) is 11.3 Å². The van der Waals surface area contributed by atoms with Gasteiger partial charge in [0.25, 0.3) is 0 Å². The Balaban J connectivity index is 0.00000312. The van der Waals surface area contributed by atoms with Crippen molar-refractivity contribution in [2.45, 2.75) is 32.4 Å². The van der Waals surface area contributed by atoms with Crippen molar-refractivity contribution in [2.24, 2.45) is 4.99 Å². The van der Waals surface area contributed by atoms with Crippen LogP contribution in [0.3, 0.4) is 0 Å². The number of hydrogen-bond acceptors (Lipinski definition) is 4. The third-order valence-electron chi connectivity index (χ3n) is 3.68. The molecule has 2 rings (SSSR count). The van der Waals surface area contributed by atoms with Crippen LogP contribution < -0.4 is 10.6 Å². The van der Waals surface area contributed by atoms with Gasteiger partial charge in [0.15, 0.2) is 5.96 Å². The largest absolute Gasteiger partial charge is 0.379 e. The fraction of sp³-hybridized carbons (Fsp3) is 0.556. The number of benzene rings is 1. The molecule has 1 unspecified atom stereocenters. The first-order chi connectivity index (χ1) is 11.8. The Hall–Kier alpha value is -1.37. The molecular weight excluding hydrogens is 431 g/mol. The predicted octanol–water partition coefficient (Wildman–Crippen LogP) is 2.43. The van der Waals surface area contributed by atoms with E-state index in [0.29, 0.717) is 12.1 Å². The van der Waals surface area contributed by atoms with Crippen LogP contribution >= 0.6 is 24.0 Å². The van der Waals surface area contributed by atoms with Crippen molar-refractivity contribution in [3.05, 3.63) is 35.4 Å². The number of nitriles is 1. The van der Waals surface area contributed by atoms with Gasteiger partial charge in [0.1, 0.15) is 0 Å². The second-order valence-electron chi connectivity index (χ2n) is 5.64. The van der Waals surface area contributed by atoms with Crippen molar-refractivity contribution >= 4 is 29.9 Å². The minimum Gasteiger partial charge on any atom is -0.379 e. The fourth-order valence-corrected chi connectivity index (χ4v) is 2.42. The van der Waals surface area contributed by atoms with Gasteiger partial charge in [0, 0.05) is 26.3 Å². The van der Waals surface area contributed by atoms with Crippen LogP contribution in [0.25, 0.3) is 0 Å². The van der Waals surface area contributed by atoms with Crippen molar-refractivity contribution < 1.29 is 9.47 Å². The van der Waals surface area contributed by atoms with E-state index in [9.17, 15) is 0 Å². The first-order valence-electron chi connectivity index (χ1n) is 8.52. The summed E-state index contributed by atoms with van der Waals surface area (Å²) in [5.41, 5.74) is 1.68. The minimum atomic E-state index is 0. The van der Waals surface area contributed by atoms with Gasteiger partial charge in [-0.2, -0.15) is 5.26 Å². The first-order valence-corrected chi connectivity index (χ1v) is 8.52. The highest BCUT2D eigenvalue weighted by atomic mass is 127. The number of aliphatic imine (C=N–C) groups is 1. The van der Waals surface area contributed by atoms with Crippen molar-refractivity contribution in [1.82, 2.24) is 10.6 Å². The topological polar surface area (TPSA) is 78.7 Å². The molecule has 0 aliphatic carbocycles. The Morgan fingerprint density at radius 1 is 1.44 bits per heavy atom. The molecule has 25 heavy (non-hydrogen) atoms. The van der Waals surface area contributed by atoms with E-state index in [1.165, 1.54) is 0 Å². The Kier molecular flexibility index (Phi) is 11.2. The molecule has 138 valence electrons. The zero-order valence-electron chi connectivity index (χ0n) is 14.7. The maximum Gasteiger partial charge on any atom is 0.191 e. The SMILES string of the molecule is CCNC(=NCc1cccc(C#N)c1)NCCCOC1CCOC1.I. The summed E-state index contributed by atoms with van der Waals surface area (Å²) in [5.74, 6) is 0.782. The van der Waals surface area contributed by atoms with E-state index >= 15 is 0 Å². The maximum absolute atomic E-state index is 8.94. The Labute approximate surface area is 167 Å². The smallest absolute Gasteiger partial charge is 0.191 e. The molecule has 0 amide bonds. The average molecular weight is 458 g/mol. The summed E-state index contributed by atoms with van der Waals surface area (Å²) in [6.45, 7) is 6.45. The highest BCUT2D eigenvalue weighted by Crippen LogP contribution is 2.08. The second kappa shape index (κ2) is 12.9. The van der Waals surface area contributed by atoms with E-state index < -0.39 is 0 Å². The van der Waals surface area contributed by atoms with Gasteiger partial charge in [-0.15, -0.1) is 24.0 Å². The van der Waals surface area contributed by atoms with Crippen LogP contribution in [0.4, 0.5) is 0 Å². The number of guanidine groups is 1. The fourth-order valence-electron chi connectivity index (χ4n) is 2.42. The molecule has 0 saturated carbocycles. The van der Waals surface area contributed by atoms with Crippen LogP contribution in [0.15, 0.2) is 29.3 Å². The molecule has 1 heterocycles. The lowest BCUT2D eigenvalue weighted by Crippen LogP contribution is -2.38. The lowest BCUT2D eigenvalue weighted by molar-refractivity contribution is 0.0420. The van der Waals surface area contributed by atoms with Gasteiger partial charge in [0.05, 0.1) is 30.9 Å². The molecular formula is C18H27IN4O2. The summed E-state index contributed by atoms with van der Waals surface area (Å²) in [6, 6.07) is 9.67. The third kappa shape index (κ3) is 8.52. The van der Waals surface area contributed by atoms with Gasteiger partial charge in [0.2, 0.25) is 0 Å². The van der Waals surface area contributed by atoms with Crippen molar-refractivity contribution in [1.29, 1.82) is 5.26 Å². The van der Waals surface area contributed by atoms with Crippen LogP contribution in [-0.4, -0.2) is 45.0 Å². The highest BCUT2D eigenvalue weighted by Gasteiger charge is 2.15. The number of nitrogens with one attached hydrogen (secondary N) is 2.